The minimum atomic E-state index is -1.17. The molecule has 0 aliphatic carbocycles. The molecular formula is C54H72FN13O14. The number of methoxy groups -OCH3 is 1. The molecule has 3 fully saturated rings. The predicted octanol–water partition coefficient (Wildman–Crippen LogP) is -0.972. The highest BCUT2D eigenvalue weighted by molar-refractivity contribution is 6.07. The number of aromatic nitrogens is 2. The van der Waals surface area contributed by atoms with E-state index in [1.807, 2.05) is 4.90 Å². The van der Waals surface area contributed by atoms with Crippen LogP contribution in [0.4, 0.5) is 4.39 Å². The molecule has 0 radical (unpaired) electrons. The van der Waals surface area contributed by atoms with Gasteiger partial charge in [-0.05, 0) is 74.9 Å². The summed E-state index contributed by atoms with van der Waals surface area (Å²) in [7, 11) is 1.21. The molecule has 0 saturated carbocycles. The van der Waals surface area contributed by atoms with E-state index in [9.17, 15) is 68.1 Å². The highest BCUT2D eigenvalue weighted by Crippen LogP contribution is 2.24. The van der Waals surface area contributed by atoms with Crippen LogP contribution < -0.4 is 20.7 Å². The molecule has 28 heteroatoms. The van der Waals surface area contributed by atoms with E-state index in [-0.39, 0.29) is 135 Å². The van der Waals surface area contributed by atoms with Gasteiger partial charge in [-0.25, -0.2) is 9.78 Å². The monoisotopic (exact) mass is 1150 g/mol. The Morgan fingerprint density at radius 1 is 0.732 bits per heavy atom. The van der Waals surface area contributed by atoms with Crippen LogP contribution in [0.5, 0.6) is 5.75 Å². The second-order valence-corrected chi connectivity index (χ2v) is 20.2. The summed E-state index contributed by atoms with van der Waals surface area (Å²) >= 11 is 0. The lowest BCUT2D eigenvalue weighted by Gasteiger charge is -2.41. The van der Waals surface area contributed by atoms with Crippen molar-refractivity contribution in [2.24, 2.45) is 0 Å². The molecule has 0 spiro atoms. The minimum absolute atomic E-state index is 0.0769. The number of carboxylic acids is 3. The van der Waals surface area contributed by atoms with Crippen molar-refractivity contribution in [3.63, 3.8) is 0 Å². The third-order valence-corrected chi connectivity index (χ3v) is 14.4. The van der Waals surface area contributed by atoms with Gasteiger partial charge in [0, 0.05) is 109 Å². The van der Waals surface area contributed by atoms with E-state index >= 15 is 0 Å². The van der Waals surface area contributed by atoms with Crippen molar-refractivity contribution >= 4 is 64.3 Å². The highest BCUT2D eigenvalue weighted by atomic mass is 19.1. The number of carbonyl (C=O) groups is 9. The summed E-state index contributed by atoms with van der Waals surface area (Å²) in [6, 6.07) is 8.37. The third-order valence-electron chi connectivity index (χ3n) is 14.4. The Morgan fingerprint density at radius 3 is 1.96 bits per heavy atom. The lowest BCUT2D eigenvalue weighted by Crippen LogP contribution is -2.62. The maximum absolute atomic E-state index is 14.7. The van der Waals surface area contributed by atoms with Gasteiger partial charge in [0.05, 0.1) is 69.2 Å². The molecule has 2 aromatic heterocycles. The first kappa shape index (κ1) is 63.2. The number of rotatable bonds is 25. The van der Waals surface area contributed by atoms with Crippen LogP contribution in [0.3, 0.4) is 0 Å². The third kappa shape index (κ3) is 19.6. The van der Waals surface area contributed by atoms with Gasteiger partial charge in [-0.3, -0.25) is 67.8 Å². The predicted molar refractivity (Wildman–Crippen MR) is 289 cm³/mol. The van der Waals surface area contributed by atoms with Crippen LogP contribution in [0.25, 0.3) is 10.9 Å². The number of fused-ring (bicyclic) bond motifs is 1. The van der Waals surface area contributed by atoms with E-state index in [0.29, 0.717) is 68.4 Å². The SMILES string of the molecule is COC(=O)C1CN(CCCOc2ccc3nccc(C(=O)NCC(=O)N4CCC[C@H]4C#N)c3c2)CCN1C(=O)[C@H](CCCCNC(=O)c1ccc(F)nc1)NC(=O)CN1CCN(CC(=O)O)CCN(CC(=O)O)CCN(CC(=O)O)CC1. The number of benzene rings is 1. The molecule has 3 atom stereocenters. The van der Waals surface area contributed by atoms with Crippen LogP contribution in [0.1, 0.15) is 59.2 Å². The van der Waals surface area contributed by atoms with Crippen LogP contribution in [-0.2, 0) is 38.3 Å². The van der Waals surface area contributed by atoms with Gasteiger partial charge in [-0.2, -0.15) is 9.65 Å². The number of ether oxygens (including phenoxy) is 2. The number of esters is 1. The molecule has 3 saturated heterocycles. The summed E-state index contributed by atoms with van der Waals surface area (Å²) in [4.78, 5) is 136. The molecule has 3 aliphatic heterocycles. The molecule has 27 nitrogen and oxygen atoms in total. The Labute approximate surface area is 473 Å². The summed E-state index contributed by atoms with van der Waals surface area (Å²) in [5.74, 6) is -6.75. The number of pyridine rings is 2. The normalized spacial score (nSPS) is 18.5. The molecule has 1 unspecified atom stereocenters. The Morgan fingerprint density at radius 2 is 1.37 bits per heavy atom. The number of halogens is 1. The van der Waals surface area contributed by atoms with Crippen LogP contribution in [0, 0.1) is 17.3 Å². The van der Waals surface area contributed by atoms with Crippen molar-refractivity contribution in [2.45, 2.75) is 56.7 Å². The molecular weight excluding hydrogens is 1070 g/mol. The van der Waals surface area contributed by atoms with Crippen molar-refractivity contribution < 1.29 is 72.3 Å². The second kappa shape index (κ2) is 31.9. The first-order chi connectivity index (χ1) is 39.4. The van der Waals surface area contributed by atoms with Gasteiger partial charge in [0.2, 0.25) is 23.7 Å². The summed E-state index contributed by atoms with van der Waals surface area (Å²) < 4.78 is 24.7. The number of amides is 5. The lowest BCUT2D eigenvalue weighted by molar-refractivity contribution is -0.157. The number of carboxylic acid groups (broad SMARTS) is 3. The van der Waals surface area contributed by atoms with E-state index in [0.717, 1.165) is 12.3 Å². The fourth-order valence-electron chi connectivity index (χ4n) is 10.1. The number of hydrogen-bond acceptors (Lipinski definition) is 19. The van der Waals surface area contributed by atoms with Crippen LogP contribution in [-0.4, -0.2) is 269 Å². The van der Waals surface area contributed by atoms with Gasteiger partial charge in [0.25, 0.3) is 11.8 Å². The topological polar surface area (TPSA) is 341 Å². The molecule has 3 aliphatic rings. The fraction of sp³-hybridized carbons (Fsp3) is 0.556. The van der Waals surface area contributed by atoms with Gasteiger partial charge in [-0.15, -0.1) is 0 Å². The number of nitrogens with zero attached hydrogens (tertiary/aromatic N) is 10. The van der Waals surface area contributed by atoms with E-state index < -0.39 is 71.6 Å². The highest BCUT2D eigenvalue weighted by Gasteiger charge is 2.39. The molecule has 3 aromatic rings. The van der Waals surface area contributed by atoms with Gasteiger partial charge < -0.3 is 50.5 Å². The maximum Gasteiger partial charge on any atom is 0.329 e. The first-order valence-electron chi connectivity index (χ1n) is 27.2. The van der Waals surface area contributed by atoms with Gasteiger partial charge >= 0.3 is 23.9 Å². The number of carbonyl (C=O) groups excluding carboxylic acids is 6. The summed E-state index contributed by atoms with van der Waals surface area (Å²) in [6.45, 7) is 1.48. The average molecular weight is 1150 g/mol. The summed E-state index contributed by atoms with van der Waals surface area (Å²) in [5.41, 5.74) is 0.952. The van der Waals surface area contributed by atoms with Gasteiger partial charge in [0.1, 0.15) is 23.9 Å². The Hall–Kier alpha value is -7.97. The maximum atomic E-state index is 14.7. The molecule has 5 amide bonds. The molecule has 444 valence electrons. The quantitative estimate of drug-likeness (QED) is 0.0338. The van der Waals surface area contributed by atoms with E-state index in [1.54, 1.807) is 43.9 Å². The Balaban J connectivity index is 1.10. The Bertz CT molecular complexity index is 2740. The lowest BCUT2D eigenvalue weighted by atomic mass is 10.0. The van der Waals surface area contributed by atoms with Crippen molar-refractivity contribution in [1.82, 2.24) is 60.2 Å². The number of nitriles is 1. The molecule has 6 rings (SSSR count). The number of aliphatic carboxylic acids is 3. The molecule has 0 bridgehead atoms. The summed E-state index contributed by atoms with van der Waals surface area (Å²) in [6.07, 6.45) is 5.12. The van der Waals surface area contributed by atoms with Crippen LogP contribution in [0.2, 0.25) is 0 Å². The summed E-state index contributed by atoms with van der Waals surface area (Å²) in [5, 5.41) is 47.1. The van der Waals surface area contributed by atoms with Crippen LogP contribution in [0.15, 0.2) is 48.8 Å². The Kier molecular flexibility index (Phi) is 24.6. The fourth-order valence-corrected chi connectivity index (χ4v) is 10.1. The molecule has 5 heterocycles. The molecule has 82 heavy (non-hydrogen) atoms. The second-order valence-electron chi connectivity index (χ2n) is 20.2. The smallest absolute Gasteiger partial charge is 0.329 e. The minimum Gasteiger partial charge on any atom is -0.494 e. The standard InChI is InChI=1S/C54H72FN13O14/c1-81-54(80)44-32-62(15-5-27-82-39-9-10-42-41(28-39)40(12-14-57-42)52(78)60-31-47(70)67-16-4-6-38(67)29-56)25-26-68(44)53(79)43(7-2-3-13-58-51(77)37-8-11-45(55)59-30-37)61-46(69)33-63-17-19-64(34-48(71)72)21-23-66(36-50(75)76)24-22-65(20-18-63)35-49(73)74/h8-12,14,28,30,38,43-44H,2-7,13,15-27,31-36H2,1H3,(H,58,77)(H,60,78)(H,61,69)(H,71,72)(H,73,74)(H,75,76)/t38-,43-,44?/m0/s1. The molecule has 1 aromatic carbocycles. The number of nitrogens with one attached hydrogen (secondary N) is 3. The zero-order valence-corrected chi connectivity index (χ0v) is 45.9. The largest absolute Gasteiger partial charge is 0.494 e. The first-order valence-corrected chi connectivity index (χ1v) is 27.2. The van der Waals surface area contributed by atoms with Crippen molar-refractivity contribution in [3.8, 4) is 11.8 Å². The molecule has 6 N–H and O–H groups in total. The number of likely N-dealkylation sites (tertiary alicyclic amines) is 1. The van der Waals surface area contributed by atoms with E-state index in [4.69, 9.17) is 9.47 Å². The van der Waals surface area contributed by atoms with E-state index in [2.05, 4.69) is 32.0 Å². The van der Waals surface area contributed by atoms with Gasteiger partial charge in [-0.1, -0.05) is 0 Å². The number of piperazine rings is 1. The van der Waals surface area contributed by atoms with Gasteiger partial charge in [0.15, 0.2) is 0 Å². The zero-order chi connectivity index (χ0) is 59.1. The van der Waals surface area contributed by atoms with E-state index in [1.165, 1.54) is 29.2 Å². The van der Waals surface area contributed by atoms with Crippen molar-refractivity contribution in [3.05, 3.63) is 65.9 Å². The zero-order valence-electron chi connectivity index (χ0n) is 45.9. The number of unbranched alkanes of at least 4 members (excludes halogenated alkanes) is 1. The van der Waals surface area contributed by atoms with Crippen molar-refractivity contribution in [1.29, 1.82) is 5.26 Å². The number of hydrogen-bond donors (Lipinski definition) is 6. The van der Waals surface area contributed by atoms with Crippen molar-refractivity contribution in [2.75, 3.05) is 138 Å². The van der Waals surface area contributed by atoms with Crippen LogP contribution >= 0.6 is 0 Å². The average Bonchev–Trinajstić information content (AvgIpc) is 4.05.